The van der Waals surface area contributed by atoms with Gasteiger partial charge >= 0.3 is 0 Å². The molecule has 0 spiro atoms. The van der Waals surface area contributed by atoms with Gasteiger partial charge in [-0.1, -0.05) is 22.0 Å². The van der Waals surface area contributed by atoms with Gasteiger partial charge in [0.2, 0.25) is 0 Å². The summed E-state index contributed by atoms with van der Waals surface area (Å²) >= 11 is 3.30. The van der Waals surface area contributed by atoms with Crippen LogP contribution < -0.4 is 5.32 Å². The fourth-order valence-electron chi connectivity index (χ4n) is 2.35. The lowest BCUT2D eigenvalue weighted by molar-refractivity contribution is -0.112. The average Bonchev–Trinajstić information content (AvgIpc) is 2.62. The maximum atomic E-state index is 12.5. The summed E-state index contributed by atoms with van der Waals surface area (Å²) in [6, 6.07) is 15.6. The number of benzene rings is 2. The molecule has 5 nitrogen and oxygen atoms in total. The highest BCUT2D eigenvalue weighted by atomic mass is 79.9. The first kappa shape index (κ1) is 16.7. The Hall–Kier alpha value is -3.17. The summed E-state index contributed by atoms with van der Waals surface area (Å²) in [4.78, 5) is 16.7. The standard InChI is InChI=1S/C19H12BrN3O2/c20-14-6-7-18(24)12(10-14)9-13(11-21)19(25)23-17-5-1-4-16-15(17)3-2-8-22-16/h1-10,24H,(H,23,25)/b13-9+. The molecule has 25 heavy (non-hydrogen) atoms. The summed E-state index contributed by atoms with van der Waals surface area (Å²) in [6.45, 7) is 0. The molecule has 0 radical (unpaired) electrons. The zero-order chi connectivity index (χ0) is 17.8. The summed E-state index contributed by atoms with van der Waals surface area (Å²) in [5.41, 5.74) is 1.57. The fourth-order valence-corrected chi connectivity index (χ4v) is 2.73. The van der Waals surface area contributed by atoms with E-state index in [1.54, 1.807) is 36.5 Å². The predicted molar refractivity (Wildman–Crippen MR) is 99.8 cm³/mol. The first-order chi connectivity index (χ1) is 12.1. The molecule has 2 aromatic carbocycles. The van der Waals surface area contributed by atoms with Crippen molar-refractivity contribution in [3.05, 3.63) is 70.3 Å². The number of fused-ring (bicyclic) bond motifs is 1. The maximum Gasteiger partial charge on any atom is 0.266 e. The van der Waals surface area contributed by atoms with Crippen LogP contribution in [0.25, 0.3) is 17.0 Å². The van der Waals surface area contributed by atoms with Crippen LogP contribution in [0.2, 0.25) is 0 Å². The van der Waals surface area contributed by atoms with Crippen molar-refractivity contribution in [1.82, 2.24) is 4.98 Å². The topological polar surface area (TPSA) is 86.0 Å². The summed E-state index contributed by atoms with van der Waals surface area (Å²) in [5, 5.41) is 22.7. The third-order valence-electron chi connectivity index (χ3n) is 3.55. The number of rotatable bonds is 3. The van der Waals surface area contributed by atoms with Crippen molar-refractivity contribution in [1.29, 1.82) is 5.26 Å². The van der Waals surface area contributed by atoms with Crippen molar-refractivity contribution in [2.24, 2.45) is 0 Å². The highest BCUT2D eigenvalue weighted by Crippen LogP contribution is 2.25. The molecule has 0 aliphatic carbocycles. The van der Waals surface area contributed by atoms with Gasteiger partial charge in [-0.05, 0) is 48.5 Å². The molecule has 122 valence electrons. The Morgan fingerprint density at radius 3 is 2.88 bits per heavy atom. The molecule has 6 heteroatoms. The lowest BCUT2D eigenvalue weighted by Crippen LogP contribution is -2.13. The monoisotopic (exact) mass is 393 g/mol. The number of aromatic hydroxyl groups is 1. The molecule has 3 aromatic rings. The number of carbonyl (C=O) groups is 1. The quantitative estimate of drug-likeness (QED) is 0.514. The Labute approximate surface area is 152 Å². The first-order valence-electron chi connectivity index (χ1n) is 7.34. The number of hydrogen-bond donors (Lipinski definition) is 2. The Morgan fingerprint density at radius 2 is 2.08 bits per heavy atom. The van der Waals surface area contributed by atoms with Gasteiger partial charge in [-0.2, -0.15) is 5.26 Å². The molecule has 2 N–H and O–H groups in total. The zero-order valence-electron chi connectivity index (χ0n) is 12.9. The Balaban J connectivity index is 1.94. The van der Waals surface area contributed by atoms with Crippen molar-refractivity contribution in [3.8, 4) is 11.8 Å². The van der Waals surface area contributed by atoms with Gasteiger partial charge in [-0.3, -0.25) is 9.78 Å². The summed E-state index contributed by atoms with van der Waals surface area (Å²) in [6.07, 6.45) is 3.02. The van der Waals surface area contributed by atoms with Crippen LogP contribution in [0, 0.1) is 11.3 Å². The van der Waals surface area contributed by atoms with Crippen molar-refractivity contribution in [2.45, 2.75) is 0 Å². The Kier molecular flexibility index (Phi) is 4.78. The smallest absolute Gasteiger partial charge is 0.266 e. The van der Waals surface area contributed by atoms with E-state index in [-0.39, 0.29) is 11.3 Å². The minimum absolute atomic E-state index is 0.0156. The van der Waals surface area contributed by atoms with Crippen LogP contribution in [-0.2, 0) is 4.79 Å². The number of halogens is 1. The van der Waals surface area contributed by atoms with Gasteiger partial charge in [0.1, 0.15) is 17.4 Å². The largest absolute Gasteiger partial charge is 0.507 e. The number of nitriles is 1. The molecule has 0 saturated heterocycles. The number of phenolic OH excluding ortho intramolecular Hbond substituents is 1. The van der Waals surface area contributed by atoms with E-state index in [1.165, 1.54) is 12.1 Å². The lowest BCUT2D eigenvalue weighted by atomic mass is 10.1. The second kappa shape index (κ2) is 7.16. The van der Waals surface area contributed by atoms with Crippen LogP contribution in [0.3, 0.4) is 0 Å². The SMILES string of the molecule is N#C/C(=C\c1cc(Br)ccc1O)C(=O)Nc1cccc2ncccc12. The molecule has 0 bridgehead atoms. The van der Waals surface area contributed by atoms with Crippen LogP contribution in [0.1, 0.15) is 5.56 Å². The number of amides is 1. The van der Waals surface area contributed by atoms with Gasteiger partial charge < -0.3 is 10.4 Å². The molecule has 0 aliphatic heterocycles. The number of aromatic nitrogens is 1. The number of pyridine rings is 1. The van der Waals surface area contributed by atoms with E-state index in [0.29, 0.717) is 11.3 Å². The molecule has 0 atom stereocenters. The maximum absolute atomic E-state index is 12.5. The molecule has 1 aromatic heterocycles. The van der Waals surface area contributed by atoms with Crippen LogP contribution >= 0.6 is 15.9 Å². The van der Waals surface area contributed by atoms with E-state index < -0.39 is 5.91 Å². The van der Waals surface area contributed by atoms with Gasteiger partial charge in [0.25, 0.3) is 5.91 Å². The van der Waals surface area contributed by atoms with E-state index in [4.69, 9.17) is 0 Å². The van der Waals surface area contributed by atoms with Gasteiger partial charge in [0, 0.05) is 21.6 Å². The molecule has 1 amide bonds. The summed E-state index contributed by atoms with van der Waals surface area (Å²) in [7, 11) is 0. The summed E-state index contributed by atoms with van der Waals surface area (Å²) < 4.78 is 0.731. The number of nitrogens with zero attached hydrogens (tertiary/aromatic N) is 2. The van der Waals surface area contributed by atoms with Crippen LogP contribution in [0.15, 0.2) is 64.8 Å². The molecule has 3 rings (SSSR count). The van der Waals surface area contributed by atoms with Crippen molar-refractivity contribution < 1.29 is 9.90 Å². The Bertz CT molecular complexity index is 1030. The van der Waals surface area contributed by atoms with Crippen molar-refractivity contribution in [2.75, 3.05) is 5.32 Å². The van der Waals surface area contributed by atoms with E-state index in [9.17, 15) is 15.2 Å². The molecule has 0 fully saturated rings. The van der Waals surface area contributed by atoms with Crippen molar-refractivity contribution >= 4 is 44.5 Å². The van der Waals surface area contributed by atoms with E-state index in [0.717, 1.165) is 15.4 Å². The highest BCUT2D eigenvalue weighted by Gasteiger charge is 2.12. The number of anilines is 1. The highest BCUT2D eigenvalue weighted by molar-refractivity contribution is 9.10. The zero-order valence-corrected chi connectivity index (χ0v) is 14.5. The number of hydrogen-bond acceptors (Lipinski definition) is 4. The molecule has 0 unspecified atom stereocenters. The van der Waals surface area contributed by atoms with Gasteiger partial charge in [0.05, 0.1) is 11.2 Å². The number of carbonyl (C=O) groups excluding carboxylic acids is 1. The first-order valence-corrected chi connectivity index (χ1v) is 8.13. The van der Waals surface area contributed by atoms with Gasteiger partial charge in [-0.15, -0.1) is 0 Å². The van der Waals surface area contributed by atoms with E-state index in [2.05, 4.69) is 26.2 Å². The summed E-state index contributed by atoms with van der Waals surface area (Å²) in [5.74, 6) is -0.573. The average molecular weight is 394 g/mol. The molecule has 0 saturated carbocycles. The number of nitrogens with one attached hydrogen (secondary N) is 1. The third-order valence-corrected chi connectivity index (χ3v) is 4.04. The normalized spacial score (nSPS) is 11.1. The molecule has 1 heterocycles. The second-order valence-corrected chi connectivity index (χ2v) is 6.12. The van der Waals surface area contributed by atoms with Crippen molar-refractivity contribution in [3.63, 3.8) is 0 Å². The second-order valence-electron chi connectivity index (χ2n) is 5.20. The van der Waals surface area contributed by atoms with E-state index in [1.807, 2.05) is 18.2 Å². The van der Waals surface area contributed by atoms with Crippen LogP contribution in [0.5, 0.6) is 5.75 Å². The van der Waals surface area contributed by atoms with Gasteiger partial charge in [0.15, 0.2) is 0 Å². The fraction of sp³-hybridized carbons (Fsp3) is 0. The minimum Gasteiger partial charge on any atom is -0.507 e. The molecular formula is C19H12BrN3O2. The van der Waals surface area contributed by atoms with Crippen LogP contribution in [-0.4, -0.2) is 16.0 Å². The molecular weight excluding hydrogens is 382 g/mol. The number of phenols is 1. The van der Waals surface area contributed by atoms with Crippen LogP contribution in [0.4, 0.5) is 5.69 Å². The minimum atomic E-state index is -0.557. The lowest BCUT2D eigenvalue weighted by Gasteiger charge is -2.08. The van der Waals surface area contributed by atoms with E-state index >= 15 is 0 Å². The van der Waals surface area contributed by atoms with Gasteiger partial charge in [-0.25, -0.2) is 0 Å². The Morgan fingerprint density at radius 1 is 1.24 bits per heavy atom. The molecule has 0 aliphatic rings. The third kappa shape index (κ3) is 3.67. The predicted octanol–water partition coefficient (Wildman–Crippen LogP) is 4.25.